The van der Waals surface area contributed by atoms with Crippen molar-refractivity contribution in [3.05, 3.63) is 102 Å². The van der Waals surface area contributed by atoms with Gasteiger partial charge in [0, 0.05) is 18.6 Å². The zero-order chi connectivity index (χ0) is 20.9. The van der Waals surface area contributed by atoms with Crippen molar-refractivity contribution >= 4 is 5.91 Å². The minimum atomic E-state index is -0.473. The van der Waals surface area contributed by atoms with E-state index in [1.165, 1.54) is 10.9 Å². The molecule has 7 heteroatoms. The smallest absolute Gasteiger partial charge is 0.259 e. The van der Waals surface area contributed by atoms with E-state index in [4.69, 9.17) is 0 Å². The zero-order valence-electron chi connectivity index (χ0n) is 16.4. The van der Waals surface area contributed by atoms with Crippen molar-refractivity contribution in [2.24, 2.45) is 0 Å². The number of nitrogens with zero attached hydrogens (tertiary/aromatic N) is 4. The van der Waals surface area contributed by atoms with Crippen LogP contribution in [0.1, 0.15) is 40.0 Å². The van der Waals surface area contributed by atoms with Crippen LogP contribution in [-0.2, 0) is 6.42 Å². The number of aromatic nitrogens is 4. The minimum Gasteiger partial charge on any atom is -0.493 e. The lowest BCUT2D eigenvalue weighted by molar-refractivity contribution is 0.0939. The Morgan fingerprint density at radius 1 is 1.20 bits per heavy atom. The van der Waals surface area contributed by atoms with Gasteiger partial charge in [0.05, 0.1) is 6.04 Å². The second-order valence-corrected chi connectivity index (χ2v) is 6.68. The molecule has 0 aliphatic heterocycles. The Morgan fingerprint density at radius 2 is 2.03 bits per heavy atom. The first-order valence-electron chi connectivity index (χ1n) is 9.58. The Kier molecular flexibility index (Phi) is 5.52. The summed E-state index contributed by atoms with van der Waals surface area (Å²) < 4.78 is 1.40. The van der Waals surface area contributed by atoms with E-state index >= 15 is 0 Å². The van der Waals surface area contributed by atoms with Crippen LogP contribution in [0.2, 0.25) is 0 Å². The quantitative estimate of drug-likeness (QED) is 0.520. The number of hydrogen-bond donors (Lipinski definition) is 2. The third-order valence-electron chi connectivity index (χ3n) is 4.72. The Morgan fingerprint density at radius 3 is 2.73 bits per heavy atom. The first kappa shape index (κ1) is 19.3. The maximum atomic E-state index is 13.0. The molecule has 149 valence electrons. The van der Waals surface area contributed by atoms with E-state index in [2.05, 4.69) is 33.4 Å². The molecule has 1 amide bonds. The summed E-state index contributed by atoms with van der Waals surface area (Å²) in [6.07, 6.45) is 5.37. The summed E-state index contributed by atoms with van der Waals surface area (Å²) in [4.78, 5) is 21.1. The molecular formula is C23H20N5O2. The summed E-state index contributed by atoms with van der Waals surface area (Å²) in [6, 6.07) is 20.0. The zero-order valence-corrected chi connectivity index (χ0v) is 16.4. The Hall–Kier alpha value is -4.00. The van der Waals surface area contributed by atoms with Gasteiger partial charge >= 0.3 is 0 Å². The molecule has 2 aromatic heterocycles. The van der Waals surface area contributed by atoms with Gasteiger partial charge in [0.25, 0.3) is 11.9 Å². The molecule has 0 saturated carbocycles. The Balaban J connectivity index is 1.65. The molecule has 4 rings (SSSR count). The second kappa shape index (κ2) is 8.57. The van der Waals surface area contributed by atoms with E-state index < -0.39 is 17.8 Å². The molecule has 1 radical (unpaired) electrons. The monoisotopic (exact) mass is 398 g/mol. The van der Waals surface area contributed by atoms with Crippen LogP contribution in [0.3, 0.4) is 0 Å². The van der Waals surface area contributed by atoms with Crippen molar-refractivity contribution in [1.82, 2.24) is 25.1 Å². The van der Waals surface area contributed by atoms with Crippen LogP contribution >= 0.6 is 0 Å². The van der Waals surface area contributed by atoms with Gasteiger partial charge in [-0.3, -0.25) is 4.79 Å². The molecule has 2 heterocycles. The summed E-state index contributed by atoms with van der Waals surface area (Å²) in [6.45, 7) is 2.06. The molecule has 0 aliphatic rings. The number of hydrogen-bond acceptors (Lipinski definition) is 5. The normalized spacial score (nSPS) is 11.8. The predicted octanol–water partition coefficient (Wildman–Crippen LogP) is 3.25. The van der Waals surface area contributed by atoms with Gasteiger partial charge in [0.1, 0.15) is 5.56 Å². The molecule has 4 aromatic rings. The van der Waals surface area contributed by atoms with Crippen molar-refractivity contribution in [2.45, 2.75) is 19.4 Å². The summed E-state index contributed by atoms with van der Waals surface area (Å²) in [5.74, 6) is -0.699. The standard InChI is InChI=1S/C23H20N5O2/c1-2-16-8-6-11-18(14-16)20(17-9-4-3-5-10-17)26-21(29)19-15-24-23(27-22(19)30)28-13-7-12-25-28/h3-7,9-15,20H,2H2,1H3,(H,26,29)(H,24,27,30). The molecule has 7 nitrogen and oxygen atoms in total. The SMILES string of the molecule is CCc1[c]ccc(C(NC(=O)c2cnc(-n3cccn3)nc2O)c2ccccc2)c1. The maximum Gasteiger partial charge on any atom is 0.259 e. The van der Waals surface area contributed by atoms with Crippen molar-refractivity contribution in [1.29, 1.82) is 0 Å². The largest absolute Gasteiger partial charge is 0.493 e. The highest BCUT2D eigenvalue weighted by atomic mass is 16.3. The van der Waals surface area contributed by atoms with Crippen molar-refractivity contribution in [3.63, 3.8) is 0 Å². The lowest BCUT2D eigenvalue weighted by Crippen LogP contribution is -2.29. The molecular weight excluding hydrogens is 378 g/mol. The van der Waals surface area contributed by atoms with Gasteiger partial charge < -0.3 is 10.4 Å². The van der Waals surface area contributed by atoms with E-state index in [-0.39, 0.29) is 11.5 Å². The van der Waals surface area contributed by atoms with Crippen molar-refractivity contribution in [3.8, 4) is 11.8 Å². The first-order valence-corrected chi connectivity index (χ1v) is 9.58. The topological polar surface area (TPSA) is 92.9 Å². The van der Waals surface area contributed by atoms with Crippen LogP contribution in [0.5, 0.6) is 5.88 Å². The average molecular weight is 398 g/mol. The molecule has 0 bridgehead atoms. The van der Waals surface area contributed by atoms with Crippen LogP contribution in [0, 0.1) is 6.07 Å². The van der Waals surface area contributed by atoms with Gasteiger partial charge in [-0.15, -0.1) is 0 Å². The maximum absolute atomic E-state index is 13.0. The molecule has 0 saturated heterocycles. The number of amides is 1. The Bertz CT molecular complexity index is 1140. The molecule has 0 spiro atoms. The third kappa shape index (κ3) is 4.05. The number of rotatable bonds is 6. The average Bonchev–Trinajstić information content (AvgIpc) is 3.33. The van der Waals surface area contributed by atoms with Gasteiger partial charge in [-0.1, -0.05) is 55.5 Å². The van der Waals surface area contributed by atoms with E-state index in [0.29, 0.717) is 0 Å². The van der Waals surface area contributed by atoms with E-state index in [9.17, 15) is 9.90 Å². The predicted molar refractivity (Wildman–Crippen MR) is 111 cm³/mol. The number of carbonyl (C=O) groups is 1. The highest BCUT2D eigenvalue weighted by molar-refractivity contribution is 5.96. The lowest BCUT2D eigenvalue weighted by Gasteiger charge is -2.20. The Labute approximate surface area is 174 Å². The van der Waals surface area contributed by atoms with Crippen molar-refractivity contribution < 1.29 is 9.90 Å². The van der Waals surface area contributed by atoms with Gasteiger partial charge in [-0.25, -0.2) is 9.67 Å². The van der Waals surface area contributed by atoms with Gasteiger partial charge in [-0.2, -0.15) is 10.1 Å². The van der Waals surface area contributed by atoms with Crippen LogP contribution in [0.15, 0.2) is 73.2 Å². The summed E-state index contributed by atoms with van der Waals surface area (Å²) in [7, 11) is 0. The van der Waals surface area contributed by atoms with Crippen LogP contribution < -0.4 is 5.32 Å². The number of aromatic hydroxyl groups is 1. The van der Waals surface area contributed by atoms with Gasteiger partial charge in [0.15, 0.2) is 0 Å². The highest BCUT2D eigenvalue weighted by Crippen LogP contribution is 2.24. The van der Waals surface area contributed by atoms with E-state index in [1.54, 1.807) is 18.5 Å². The number of aryl methyl sites for hydroxylation is 1. The van der Waals surface area contributed by atoms with E-state index in [1.807, 2.05) is 48.5 Å². The number of carbonyl (C=O) groups excluding carboxylic acids is 1. The molecule has 2 N–H and O–H groups in total. The van der Waals surface area contributed by atoms with Crippen LogP contribution in [0.25, 0.3) is 5.95 Å². The third-order valence-corrected chi connectivity index (χ3v) is 4.72. The first-order chi connectivity index (χ1) is 14.7. The molecule has 1 atom stereocenters. The van der Waals surface area contributed by atoms with Crippen LogP contribution in [-0.4, -0.2) is 30.8 Å². The van der Waals surface area contributed by atoms with Gasteiger partial charge in [-0.05, 0) is 35.2 Å². The van der Waals surface area contributed by atoms with Gasteiger partial charge in [0.2, 0.25) is 5.88 Å². The fourth-order valence-electron chi connectivity index (χ4n) is 3.15. The number of benzene rings is 2. The fraction of sp³-hybridized carbons (Fsp3) is 0.130. The number of nitrogens with one attached hydrogen (secondary N) is 1. The lowest BCUT2D eigenvalue weighted by atomic mass is 9.96. The second-order valence-electron chi connectivity index (χ2n) is 6.68. The fourth-order valence-corrected chi connectivity index (χ4v) is 3.15. The molecule has 2 aromatic carbocycles. The summed E-state index contributed by atoms with van der Waals surface area (Å²) >= 11 is 0. The minimum absolute atomic E-state index is 0.00922. The van der Waals surface area contributed by atoms with Crippen molar-refractivity contribution in [2.75, 3.05) is 0 Å². The molecule has 0 fully saturated rings. The van der Waals surface area contributed by atoms with E-state index in [0.717, 1.165) is 23.1 Å². The highest BCUT2D eigenvalue weighted by Gasteiger charge is 2.21. The molecule has 30 heavy (non-hydrogen) atoms. The molecule has 1 unspecified atom stereocenters. The molecule has 0 aliphatic carbocycles. The summed E-state index contributed by atoms with van der Waals surface area (Å²) in [5, 5.41) is 17.4. The van der Waals surface area contributed by atoms with Crippen LogP contribution in [0.4, 0.5) is 0 Å². The summed E-state index contributed by atoms with van der Waals surface area (Å²) in [5.41, 5.74) is 2.90.